The van der Waals surface area contributed by atoms with Crippen LogP contribution in [0.3, 0.4) is 0 Å². The van der Waals surface area contributed by atoms with Crippen molar-refractivity contribution in [2.75, 3.05) is 11.8 Å². The molecule has 1 aromatic heterocycles. The molecule has 1 amide bonds. The molecule has 2 aromatic carbocycles. The van der Waals surface area contributed by atoms with Gasteiger partial charge >= 0.3 is 6.18 Å². The molecule has 0 saturated carbocycles. The first-order valence-electron chi connectivity index (χ1n) is 8.29. The number of benzene rings is 2. The topological polar surface area (TPSA) is 98.5 Å². The molecule has 3 rings (SSSR count). The molecule has 3 aromatic rings. The second-order valence-corrected chi connectivity index (χ2v) is 8.81. The van der Waals surface area contributed by atoms with Gasteiger partial charge in [0.1, 0.15) is 10.6 Å². The quantitative estimate of drug-likeness (QED) is 0.576. The van der Waals surface area contributed by atoms with E-state index < -0.39 is 27.7 Å². The zero-order valence-electron chi connectivity index (χ0n) is 15.4. The highest BCUT2D eigenvalue weighted by molar-refractivity contribution is 7.92. The van der Waals surface area contributed by atoms with E-state index in [1.54, 1.807) is 24.3 Å². The monoisotopic (exact) mass is 456 g/mol. The Morgan fingerprint density at radius 2 is 1.67 bits per heavy atom. The third-order valence-corrected chi connectivity index (χ3v) is 6.65. The van der Waals surface area contributed by atoms with E-state index in [9.17, 15) is 26.4 Å². The van der Waals surface area contributed by atoms with Gasteiger partial charge in [-0.1, -0.05) is 0 Å². The minimum Gasteiger partial charge on any atom is -0.497 e. The number of hydrogen-bond acceptors (Lipinski definition) is 5. The zero-order chi connectivity index (χ0) is 22.1. The van der Waals surface area contributed by atoms with Crippen LogP contribution in [0.5, 0.6) is 5.75 Å². The number of hydrogen-bond donors (Lipinski definition) is 2. The predicted octanol–water partition coefficient (Wildman–Crippen LogP) is 4.34. The molecule has 0 radical (unpaired) electrons. The summed E-state index contributed by atoms with van der Waals surface area (Å²) >= 11 is 0.985. The van der Waals surface area contributed by atoms with E-state index >= 15 is 0 Å². The molecule has 0 unspecified atom stereocenters. The highest BCUT2D eigenvalue weighted by atomic mass is 32.2. The second kappa shape index (κ2) is 8.00. The zero-order valence-corrected chi connectivity index (χ0v) is 17.0. The lowest BCUT2D eigenvalue weighted by Gasteiger charge is -2.10. The summed E-state index contributed by atoms with van der Waals surface area (Å²) in [6.45, 7) is 0. The van der Waals surface area contributed by atoms with Gasteiger partial charge in [-0.3, -0.25) is 9.52 Å². The number of nitrogens with two attached hydrogens (primary N) is 1. The number of carbonyl (C=O) groups excluding carboxylic acids is 1. The molecule has 6 nitrogen and oxygen atoms in total. The number of thiophene rings is 1. The Kier molecular flexibility index (Phi) is 5.77. The number of amides is 1. The number of ether oxygens (including phenoxy) is 1. The van der Waals surface area contributed by atoms with E-state index in [1.807, 2.05) is 0 Å². The maximum Gasteiger partial charge on any atom is 0.416 e. The standard InChI is InChI=1S/C19H15F3N2O4S2/c1-28-13-6-2-11(3-7-13)16-10-15(17(29-16)18(23)25)24-30(26,27)14-8-4-12(5-9-14)19(20,21)22/h2-10,24H,1H3,(H2,23,25). The molecule has 0 atom stereocenters. The lowest BCUT2D eigenvalue weighted by molar-refractivity contribution is -0.137. The minimum absolute atomic E-state index is 0.0312. The van der Waals surface area contributed by atoms with Crippen molar-refractivity contribution in [1.82, 2.24) is 0 Å². The van der Waals surface area contributed by atoms with Crippen molar-refractivity contribution in [3.63, 3.8) is 0 Å². The molecule has 0 aliphatic rings. The van der Waals surface area contributed by atoms with Crippen LogP contribution in [0.25, 0.3) is 10.4 Å². The van der Waals surface area contributed by atoms with E-state index in [-0.39, 0.29) is 15.5 Å². The first-order chi connectivity index (χ1) is 14.0. The van der Waals surface area contributed by atoms with Crippen LogP contribution < -0.4 is 15.2 Å². The number of alkyl halides is 3. The van der Waals surface area contributed by atoms with Gasteiger partial charge in [0.25, 0.3) is 15.9 Å². The number of nitrogens with one attached hydrogen (secondary N) is 1. The van der Waals surface area contributed by atoms with Gasteiger partial charge in [-0.15, -0.1) is 11.3 Å². The SMILES string of the molecule is COc1ccc(-c2cc(NS(=O)(=O)c3ccc(C(F)(F)F)cc3)c(C(N)=O)s2)cc1. The highest BCUT2D eigenvalue weighted by Crippen LogP contribution is 2.36. The Balaban J connectivity index is 1.94. The average Bonchev–Trinajstić information content (AvgIpc) is 3.11. The highest BCUT2D eigenvalue weighted by Gasteiger charge is 2.31. The first kappa shape index (κ1) is 21.7. The van der Waals surface area contributed by atoms with E-state index in [2.05, 4.69) is 4.72 Å². The largest absolute Gasteiger partial charge is 0.497 e. The van der Waals surface area contributed by atoms with Crippen LogP contribution in [0, 0.1) is 0 Å². The van der Waals surface area contributed by atoms with Crippen LogP contribution in [0.2, 0.25) is 0 Å². The van der Waals surface area contributed by atoms with Crippen LogP contribution in [0.1, 0.15) is 15.2 Å². The molecule has 30 heavy (non-hydrogen) atoms. The van der Waals surface area contributed by atoms with E-state index in [0.717, 1.165) is 23.5 Å². The van der Waals surface area contributed by atoms with Crippen molar-refractivity contribution in [3.8, 4) is 16.2 Å². The molecule has 11 heteroatoms. The fourth-order valence-corrected chi connectivity index (χ4v) is 4.67. The lowest BCUT2D eigenvalue weighted by atomic mass is 10.2. The van der Waals surface area contributed by atoms with Crippen LogP contribution in [0.4, 0.5) is 18.9 Å². The maximum absolute atomic E-state index is 12.7. The van der Waals surface area contributed by atoms with E-state index in [1.165, 1.54) is 13.2 Å². The Labute approximate surface area is 174 Å². The summed E-state index contributed by atoms with van der Waals surface area (Å²) < 4.78 is 70.6. The van der Waals surface area contributed by atoms with Gasteiger partial charge in [-0.05, 0) is 60.2 Å². The van der Waals surface area contributed by atoms with Crippen LogP contribution in [-0.4, -0.2) is 21.4 Å². The van der Waals surface area contributed by atoms with Crippen molar-refractivity contribution in [2.24, 2.45) is 5.73 Å². The molecule has 0 aliphatic heterocycles. The summed E-state index contributed by atoms with van der Waals surface area (Å²) in [7, 11) is -2.74. The average molecular weight is 456 g/mol. The van der Waals surface area contributed by atoms with Gasteiger partial charge in [0, 0.05) is 4.88 Å². The maximum atomic E-state index is 12.7. The summed E-state index contributed by atoms with van der Waals surface area (Å²) in [5.74, 6) is -0.224. The third-order valence-electron chi connectivity index (χ3n) is 4.07. The van der Waals surface area contributed by atoms with Crippen molar-refractivity contribution < 1.29 is 31.1 Å². The first-order valence-corrected chi connectivity index (χ1v) is 10.6. The van der Waals surface area contributed by atoms with E-state index in [0.29, 0.717) is 28.3 Å². The van der Waals surface area contributed by atoms with Gasteiger partial charge in [0.15, 0.2) is 0 Å². The lowest BCUT2D eigenvalue weighted by Crippen LogP contribution is -2.17. The molecular formula is C19H15F3N2O4S2. The van der Waals surface area contributed by atoms with Gasteiger partial charge in [-0.25, -0.2) is 8.42 Å². The molecule has 158 valence electrons. The number of halogens is 3. The summed E-state index contributed by atoms with van der Waals surface area (Å²) in [5, 5.41) is 0. The molecule has 0 saturated heterocycles. The Morgan fingerprint density at radius 1 is 1.07 bits per heavy atom. The summed E-state index contributed by atoms with van der Waals surface area (Å²) in [6, 6.07) is 11.3. The molecule has 1 heterocycles. The van der Waals surface area contributed by atoms with Crippen molar-refractivity contribution >= 4 is 33.0 Å². The van der Waals surface area contributed by atoms with Gasteiger partial charge in [0.05, 0.1) is 23.3 Å². The molecule has 0 aliphatic carbocycles. The van der Waals surface area contributed by atoms with E-state index in [4.69, 9.17) is 10.5 Å². The molecule has 3 N–H and O–H groups in total. The number of rotatable bonds is 6. The van der Waals surface area contributed by atoms with Gasteiger partial charge < -0.3 is 10.5 Å². The van der Waals surface area contributed by atoms with Crippen molar-refractivity contribution in [2.45, 2.75) is 11.1 Å². The predicted molar refractivity (Wildman–Crippen MR) is 107 cm³/mol. The Morgan fingerprint density at radius 3 is 2.17 bits per heavy atom. The normalized spacial score (nSPS) is 11.9. The van der Waals surface area contributed by atoms with Crippen LogP contribution in [0.15, 0.2) is 59.5 Å². The minimum atomic E-state index is -4.59. The molecular weight excluding hydrogens is 441 g/mol. The second-order valence-electron chi connectivity index (χ2n) is 6.07. The van der Waals surface area contributed by atoms with Crippen LogP contribution in [-0.2, 0) is 16.2 Å². The summed E-state index contributed by atoms with van der Waals surface area (Å²) in [6.07, 6.45) is -4.59. The summed E-state index contributed by atoms with van der Waals surface area (Å²) in [4.78, 5) is 11.9. The van der Waals surface area contributed by atoms with Crippen LogP contribution >= 0.6 is 11.3 Å². The Hall–Kier alpha value is -3.05. The molecule has 0 spiro atoms. The number of carbonyl (C=O) groups is 1. The molecule has 0 bridgehead atoms. The molecule has 0 fully saturated rings. The summed E-state index contributed by atoms with van der Waals surface area (Å²) in [5.41, 5.74) is 5.03. The third kappa shape index (κ3) is 4.57. The fraction of sp³-hybridized carbons (Fsp3) is 0.105. The number of sulfonamides is 1. The fourth-order valence-electron chi connectivity index (χ4n) is 2.57. The smallest absolute Gasteiger partial charge is 0.416 e. The van der Waals surface area contributed by atoms with Crippen molar-refractivity contribution in [3.05, 3.63) is 65.0 Å². The number of anilines is 1. The Bertz CT molecular complexity index is 1170. The number of primary amides is 1. The van der Waals surface area contributed by atoms with Gasteiger partial charge in [-0.2, -0.15) is 13.2 Å². The van der Waals surface area contributed by atoms with Gasteiger partial charge in [0.2, 0.25) is 0 Å². The number of methoxy groups -OCH3 is 1. The van der Waals surface area contributed by atoms with Crippen molar-refractivity contribution in [1.29, 1.82) is 0 Å².